The van der Waals surface area contributed by atoms with Gasteiger partial charge in [0.2, 0.25) is 5.91 Å². The quantitative estimate of drug-likeness (QED) is 0.704. The number of nitrogens with one attached hydrogen (secondary N) is 1. The van der Waals surface area contributed by atoms with Crippen LogP contribution in [-0.4, -0.2) is 12.2 Å². The first kappa shape index (κ1) is 9.38. The number of halogens is 1. The Labute approximate surface area is 74.6 Å². The van der Waals surface area contributed by atoms with E-state index in [0.717, 1.165) is 6.07 Å². The third-order valence-electron chi connectivity index (χ3n) is 1.48. The highest BCUT2D eigenvalue weighted by atomic mass is 19.1. The van der Waals surface area contributed by atoms with Crippen LogP contribution in [-0.2, 0) is 4.79 Å². The first-order chi connectivity index (χ1) is 6.15. The zero-order valence-corrected chi connectivity index (χ0v) is 7.00. The minimum absolute atomic E-state index is 0.127. The standard InChI is InChI=1S/C9H8FNO2/c1-6(13)11-9-4-2-3-8(10)7(9)5-12/h2-5H,1H3,(H,11,13). The zero-order valence-electron chi connectivity index (χ0n) is 7.00. The second kappa shape index (κ2) is 3.80. The number of benzene rings is 1. The van der Waals surface area contributed by atoms with Crippen LogP contribution >= 0.6 is 0 Å². The van der Waals surface area contributed by atoms with E-state index >= 15 is 0 Å². The molecule has 68 valence electrons. The van der Waals surface area contributed by atoms with Gasteiger partial charge in [-0.15, -0.1) is 0 Å². The van der Waals surface area contributed by atoms with Crippen LogP contribution in [0.3, 0.4) is 0 Å². The molecule has 0 saturated carbocycles. The lowest BCUT2D eigenvalue weighted by atomic mass is 10.2. The van der Waals surface area contributed by atoms with E-state index in [1.165, 1.54) is 19.1 Å². The van der Waals surface area contributed by atoms with E-state index < -0.39 is 5.82 Å². The van der Waals surface area contributed by atoms with Crippen molar-refractivity contribution in [2.75, 3.05) is 5.32 Å². The summed E-state index contributed by atoms with van der Waals surface area (Å²) >= 11 is 0. The van der Waals surface area contributed by atoms with Crippen LogP contribution in [0, 0.1) is 5.82 Å². The average Bonchev–Trinajstić information content (AvgIpc) is 2.03. The Balaban J connectivity index is 3.12. The number of hydrogen-bond acceptors (Lipinski definition) is 2. The summed E-state index contributed by atoms with van der Waals surface area (Å²) in [7, 11) is 0. The maximum Gasteiger partial charge on any atom is 0.221 e. The number of carbonyl (C=O) groups excluding carboxylic acids is 2. The largest absolute Gasteiger partial charge is 0.326 e. The lowest BCUT2D eigenvalue weighted by molar-refractivity contribution is -0.114. The van der Waals surface area contributed by atoms with Crippen molar-refractivity contribution in [2.45, 2.75) is 6.92 Å². The van der Waals surface area contributed by atoms with Gasteiger partial charge in [-0.1, -0.05) is 6.07 Å². The van der Waals surface area contributed by atoms with Gasteiger partial charge in [0, 0.05) is 6.92 Å². The monoisotopic (exact) mass is 181 g/mol. The number of carbonyl (C=O) groups is 2. The molecule has 0 spiro atoms. The van der Waals surface area contributed by atoms with E-state index in [1.54, 1.807) is 0 Å². The van der Waals surface area contributed by atoms with E-state index in [2.05, 4.69) is 5.32 Å². The van der Waals surface area contributed by atoms with Crippen LogP contribution in [0.25, 0.3) is 0 Å². The Bertz CT molecular complexity index is 349. The number of amides is 1. The fourth-order valence-electron chi connectivity index (χ4n) is 0.955. The summed E-state index contributed by atoms with van der Waals surface area (Å²) in [5, 5.41) is 2.35. The highest BCUT2D eigenvalue weighted by Crippen LogP contribution is 2.16. The van der Waals surface area contributed by atoms with Gasteiger partial charge in [0.25, 0.3) is 0 Å². The molecule has 3 nitrogen and oxygen atoms in total. The van der Waals surface area contributed by atoms with Crippen molar-refractivity contribution in [3.05, 3.63) is 29.6 Å². The minimum atomic E-state index is -0.638. The van der Waals surface area contributed by atoms with Crippen molar-refractivity contribution in [2.24, 2.45) is 0 Å². The van der Waals surface area contributed by atoms with Crippen LogP contribution in [0.2, 0.25) is 0 Å². The first-order valence-electron chi connectivity index (χ1n) is 3.66. The highest BCUT2D eigenvalue weighted by Gasteiger charge is 2.07. The van der Waals surface area contributed by atoms with Crippen LogP contribution in [0.1, 0.15) is 17.3 Å². The van der Waals surface area contributed by atoms with Crippen molar-refractivity contribution in [3.8, 4) is 0 Å². The molecule has 1 aromatic rings. The molecule has 0 atom stereocenters. The average molecular weight is 181 g/mol. The molecule has 13 heavy (non-hydrogen) atoms. The summed E-state index contributed by atoms with van der Waals surface area (Å²) in [4.78, 5) is 21.1. The molecule has 0 saturated heterocycles. The van der Waals surface area contributed by atoms with E-state index in [9.17, 15) is 14.0 Å². The van der Waals surface area contributed by atoms with Gasteiger partial charge in [-0.25, -0.2) is 4.39 Å². The Morgan fingerprint density at radius 2 is 2.23 bits per heavy atom. The third kappa shape index (κ3) is 2.11. The summed E-state index contributed by atoms with van der Waals surface area (Å²) in [5.74, 6) is -0.977. The molecule has 0 bridgehead atoms. The molecule has 0 unspecified atom stereocenters. The molecule has 1 rings (SSSR count). The summed E-state index contributed by atoms with van der Waals surface area (Å²) < 4.78 is 12.9. The lowest BCUT2D eigenvalue weighted by Gasteiger charge is -2.04. The number of rotatable bonds is 2. The number of hydrogen-bond donors (Lipinski definition) is 1. The smallest absolute Gasteiger partial charge is 0.221 e. The van der Waals surface area contributed by atoms with Crippen molar-refractivity contribution < 1.29 is 14.0 Å². The summed E-state index contributed by atoms with van der Waals surface area (Å²) in [6.07, 6.45) is 0.376. The van der Waals surface area contributed by atoms with Gasteiger partial charge in [0.15, 0.2) is 6.29 Å². The SMILES string of the molecule is CC(=O)Nc1cccc(F)c1C=O. The molecule has 0 aliphatic carbocycles. The fraction of sp³-hybridized carbons (Fsp3) is 0.111. The topological polar surface area (TPSA) is 46.2 Å². The maximum atomic E-state index is 12.9. The molecular formula is C9H8FNO2. The second-order valence-electron chi connectivity index (χ2n) is 2.50. The Morgan fingerprint density at radius 1 is 1.54 bits per heavy atom. The molecule has 0 aromatic heterocycles. The summed E-state index contributed by atoms with van der Waals surface area (Å²) in [6.45, 7) is 1.29. The Morgan fingerprint density at radius 3 is 2.77 bits per heavy atom. The van der Waals surface area contributed by atoms with Gasteiger partial charge in [0.1, 0.15) is 5.82 Å². The predicted molar refractivity (Wildman–Crippen MR) is 46.1 cm³/mol. The van der Waals surface area contributed by atoms with Gasteiger partial charge in [-0.2, -0.15) is 0 Å². The molecule has 0 aliphatic rings. The normalized spacial score (nSPS) is 9.38. The molecule has 1 N–H and O–H groups in total. The van der Waals surface area contributed by atoms with E-state index in [0.29, 0.717) is 6.29 Å². The number of aldehydes is 1. The van der Waals surface area contributed by atoms with E-state index in [-0.39, 0.29) is 17.2 Å². The zero-order chi connectivity index (χ0) is 9.84. The summed E-state index contributed by atoms with van der Waals surface area (Å²) in [6, 6.07) is 4.05. The molecule has 0 heterocycles. The van der Waals surface area contributed by atoms with Crippen molar-refractivity contribution in [1.82, 2.24) is 0 Å². The second-order valence-corrected chi connectivity index (χ2v) is 2.50. The molecule has 1 amide bonds. The molecular weight excluding hydrogens is 173 g/mol. The van der Waals surface area contributed by atoms with Crippen LogP contribution < -0.4 is 5.32 Å². The van der Waals surface area contributed by atoms with Crippen LogP contribution in [0.5, 0.6) is 0 Å². The first-order valence-corrected chi connectivity index (χ1v) is 3.66. The van der Waals surface area contributed by atoms with E-state index in [1.807, 2.05) is 0 Å². The van der Waals surface area contributed by atoms with Gasteiger partial charge < -0.3 is 5.32 Å². The van der Waals surface area contributed by atoms with Crippen molar-refractivity contribution in [1.29, 1.82) is 0 Å². The minimum Gasteiger partial charge on any atom is -0.326 e. The Kier molecular flexibility index (Phi) is 2.74. The van der Waals surface area contributed by atoms with Crippen molar-refractivity contribution in [3.63, 3.8) is 0 Å². The molecule has 0 aliphatic heterocycles. The molecule has 0 fully saturated rings. The van der Waals surface area contributed by atoms with Crippen molar-refractivity contribution >= 4 is 17.9 Å². The Hall–Kier alpha value is -1.71. The van der Waals surface area contributed by atoms with Crippen LogP contribution in [0.4, 0.5) is 10.1 Å². The highest BCUT2D eigenvalue weighted by molar-refractivity contribution is 5.95. The lowest BCUT2D eigenvalue weighted by Crippen LogP contribution is -2.08. The van der Waals surface area contributed by atoms with Crippen LogP contribution in [0.15, 0.2) is 18.2 Å². The van der Waals surface area contributed by atoms with E-state index in [4.69, 9.17) is 0 Å². The maximum absolute atomic E-state index is 12.9. The van der Waals surface area contributed by atoms with Gasteiger partial charge in [-0.3, -0.25) is 9.59 Å². The van der Waals surface area contributed by atoms with Gasteiger partial charge >= 0.3 is 0 Å². The predicted octanol–water partition coefficient (Wildman–Crippen LogP) is 1.60. The fourth-order valence-corrected chi connectivity index (χ4v) is 0.955. The van der Waals surface area contributed by atoms with Gasteiger partial charge in [0.05, 0.1) is 11.3 Å². The summed E-state index contributed by atoms with van der Waals surface area (Å²) in [5.41, 5.74) is 0.0696. The number of anilines is 1. The third-order valence-corrected chi connectivity index (χ3v) is 1.48. The van der Waals surface area contributed by atoms with Gasteiger partial charge in [-0.05, 0) is 12.1 Å². The molecule has 0 radical (unpaired) electrons. The molecule has 1 aromatic carbocycles. The molecule has 4 heteroatoms.